The van der Waals surface area contributed by atoms with Crippen LogP contribution in [0.15, 0.2) is 41.3 Å². The van der Waals surface area contributed by atoms with Crippen LogP contribution in [0, 0.1) is 0 Å². The molecule has 1 aliphatic rings. The average molecular weight is 320 g/mol. The van der Waals surface area contributed by atoms with Crippen molar-refractivity contribution in [3.8, 4) is 0 Å². The lowest BCUT2D eigenvalue weighted by Crippen LogP contribution is -2.33. The minimum absolute atomic E-state index is 0.0547. The Balaban J connectivity index is 1.89. The molecule has 0 unspecified atom stereocenters. The third-order valence-corrected chi connectivity index (χ3v) is 3.72. The van der Waals surface area contributed by atoms with Gasteiger partial charge in [-0.15, -0.1) is 0 Å². The first kappa shape index (κ1) is 16.1. The lowest BCUT2D eigenvalue weighted by Gasteiger charge is -2.13. The lowest BCUT2D eigenvalue weighted by molar-refractivity contribution is -0.137. The molecule has 0 atom stereocenters. The van der Waals surface area contributed by atoms with Crippen LogP contribution in [0.4, 0.5) is 10.5 Å². The summed E-state index contributed by atoms with van der Waals surface area (Å²) in [7, 11) is 0. The van der Waals surface area contributed by atoms with Crippen molar-refractivity contribution in [2.45, 2.75) is 6.92 Å². The minimum Gasteiger partial charge on any atom is -0.463 e. The van der Waals surface area contributed by atoms with E-state index in [0.29, 0.717) is 10.6 Å². The highest BCUT2D eigenvalue weighted by Gasteiger charge is 2.28. The van der Waals surface area contributed by atoms with Crippen molar-refractivity contribution in [2.75, 3.05) is 25.0 Å². The summed E-state index contributed by atoms with van der Waals surface area (Å²) < 4.78 is 4.80. The second-order valence-electron chi connectivity index (χ2n) is 4.50. The van der Waals surface area contributed by atoms with Crippen LogP contribution in [0.5, 0.6) is 0 Å². The Labute approximate surface area is 132 Å². The Kier molecular flexibility index (Phi) is 5.60. The molecule has 0 spiro atoms. The first-order valence-electron chi connectivity index (χ1n) is 6.77. The van der Waals surface area contributed by atoms with Crippen LogP contribution in [0.2, 0.25) is 0 Å². The van der Waals surface area contributed by atoms with Crippen LogP contribution in [0.25, 0.3) is 0 Å². The number of carbonyl (C=O) groups is 3. The topological polar surface area (TPSA) is 75.7 Å². The van der Waals surface area contributed by atoms with E-state index >= 15 is 0 Å². The number of anilines is 1. The van der Waals surface area contributed by atoms with Crippen molar-refractivity contribution < 1.29 is 19.1 Å². The van der Waals surface area contributed by atoms with Gasteiger partial charge < -0.3 is 15.0 Å². The summed E-state index contributed by atoms with van der Waals surface area (Å²) in [4.78, 5) is 37.1. The number of para-hydroxylation sites is 1. The largest absolute Gasteiger partial charge is 0.463 e. The molecule has 1 aromatic rings. The predicted molar refractivity (Wildman–Crippen MR) is 84.3 cm³/mol. The van der Waals surface area contributed by atoms with Crippen molar-refractivity contribution in [2.24, 2.45) is 0 Å². The maximum atomic E-state index is 11.9. The maximum Gasteiger partial charge on any atom is 0.331 e. The summed E-state index contributed by atoms with van der Waals surface area (Å²) in [5.74, 6) is -0.758. The van der Waals surface area contributed by atoms with Crippen LogP contribution >= 0.6 is 11.8 Å². The highest BCUT2D eigenvalue weighted by Crippen LogP contribution is 2.28. The van der Waals surface area contributed by atoms with Gasteiger partial charge in [-0.3, -0.25) is 9.59 Å². The number of benzene rings is 1. The molecule has 0 saturated carbocycles. The Morgan fingerprint density at radius 1 is 1.36 bits per heavy atom. The number of ether oxygens (including phenoxy) is 1. The Bertz CT molecular complexity index is 601. The molecule has 1 fully saturated rings. The molecule has 116 valence electrons. The van der Waals surface area contributed by atoms with Gasteiger partial charge in [0.25, 0.3) is 5.24 Å². The van der Waals surface area contributed by atoms with Gasteiger partial charge in [0.1, 0.15) is 6.54 Å². The molecule has 1 aromatic carbocycles. The van der Waals surface area contributed by atoms with E-state index in [1.54, 1.807) is 19.1 Å². The van der Waals surface area contributed by atoms with Crippen LogP contribution < -0.4 is 5.32 Å². The minimum atomic E-state index is -0.478. The highest BCUT2D eigenvalue weighted by molar-refractivity contribution is 8.17. The van der Waals surface area contributed by atoms with Crippen molar-refractivity contribution in [1.82, 2.24) is 4.90 Å². The number of thioether (sulfide) groups is 1. The molecule has 7 heteroatoms. The number of nitrogens with zero attached hydrogens (tertiary/aromatic N) is 1. The molecule has 1 N–H and O–H groups in total. The molecule has 1 heterocycles. The SMILES string of the molecule is CCOC(=O)C=C1CN(CC(=O)Nc2ccccc2)C(=O)S1. The van der Waals surface area contributed by atoms with E-state index in [-0.39, 0.29) is 30.8 Å². The molecule has 6 nitrogen and oxygen atoms in total. The summed E-state index contributed by atoms with van der Waals surface area (Å²) >= 11 is 0.943. The molecule has 2 amide bonds. The first-order valence-corrected chi connectivity index (χ1v) is 7.59. The number of esters is 1. The second-order valence-corrected chi connectivity index (χ2v) is 5.58. The van der Waals surface area contributed by atoms with E-state index in [0.717, 1.165) is 11.8 Å². The molecule has 0 aliphatic carbocycles. The third kappa shape index (κ3) is 4.63. The second kappa shape index (κ2) is 7.65. The number of nitrogens with one attached hydrogen (secondary N) is 1. The van der Waals surface area contributed by atoms with Gasteiger partial charge in [-0.25, -0.2) is 4.79 Å². The Morgan fingerprint density at radius 3 is 2.77 bits per heavy atom. The van der Waals surface area contributed by atoms with Gasteiger partial charge >= 0.3 is 5.97 Å². The zero-order chi connectivity index (χ0) is 15.9. The zero-order valence-corrected chi connectivity index (χ0v) is 12.9. The summed E-state index contributed by atoms with van der Waals surface area (Å²) in [5, 5.41) is 2.46. The van der Waals surface area contributed by atoms with Gasteiger partial charge in [0.05, 0.1) is 13.2 Å². The predicted octanol–water partition coefficient (Wildman–Crippen LogP) is 2.24. The van der Waals surface area contributed by atoms with Crippen molar-refractivity contribution >= 4 is 34.6 Å². The molecule has 0 aromatic heterocycles. The molecular formula is C15H16N2O4S. The van der Waals surface area contributed by atoms with E-state index in [9.17, 15) is 14.4 Å². The molecule has 1 aliphatic heterocycles. The van der Waals surface area contributed by atoms with Gasteiger partial charge in [-0.05, 0) is 30.8 Å². The third-order valence-electron chi connectivity index (χ3n) is 2.78. The summed E-state index contributed by atoms with van der Waals surface area (Å²) in [6, 6.07) is 9.01. The van der Waals surface area contributed by atoms with E-state index in [1.807, 2.05) is 18.2 Å². The number of rotatable bonds is 5. The molecular weight excluding hydrogens is 304 g/mol. The van der Waals surface area contributed by atoms with Crippen molar-refractivity contribution in [3.05, 3.63) is 41.3 Å². The number of carbonyl (C=O) groups excluding carboxylic acids is 3. The normalized spacial score (nSPS) is 16.0. The van der Waals surface area contributed by atoms with Crippen molar-refractivity contribution in [1.29, 1.82) is 0 Å². The molecule has 0 radical (unpaired) electrons. The van der Waals surface area contributed by atoms with Gasteiger partial charge in [-0.1, -0.05) is 18.2 Å². The summed E-state index contributed by atoms with van der Waals surface area (Å²) in [6.45, 7) is 2.18. The van der Waals surface area contributed by atoms with Gasteiger partial charge in [0.2, 0.25) is 5.91 Å². The van der Waals surface area contributed by atoms with E-state index in [1.165, 1.54) is 11.0 Å². The van der Waals surface area contributed by atoms with E-state index in [2.05, 4.69) is 5.32 Å². The van der Waals surface area contributed by atoms with Crippen LogP contribution in [-0.4, -0.2) is 41.7 Å². The lowest BCUT2D eigenvalue weighted by atomic mass is 10.3. The van der Waals surface area contributed by atoms with E-state index in [4.69, 9.17) is 4.74 Å². The standard InChI is InChI=1S/C15H16N2O4S/c1-2-21-14(19)8-12-9-17(15(20)22-12)10-13(18)16-11-6-4-3-5-7-11/h3-8H,2,9-10H2,1H3,(H,16,18). The van der Waals surface area contributed by atoms with Crippen LogP contribution in [0.1, 0.15) is 6.92 Å². The van der Waals surface area contributed by atoms with Crippen molar-refractivity contribution in [3.63, 3.8) is 0 Å². The molecule has 0 bridgehead atoms. The van der Waals surface area contributed by atoms with E-state index < -0.39 is 5.97 Å². The molecule has 22 heavy (non-hydrogen) atoms. The van der Waals surface area contributed by atoms with Gasteiger partial charge in [-0.2, -0.15) is 0 Å². The number of hydrogen-bond donors (Lipinski definition) is 1. The highest BCUT2D eigenvalue weighted by atomic mass is 32.2. The maximum absolute atomic E-state index is 11.9. The van der Waals surface area contributed by atoms with Crippen LogP contribution in [-0.2, 0) is 14.3 Å². The molecule has 2 rings (SSSR count). The number of amides is 2. The fraction of sp³-hybridized carbons (Fsp3) is 0.267. The first-order chi connectivity index (χ1) is 10.6. The smallest absolute Gasteiger partial charge is 0.331 e. The zero-order valence-electron chi connectivity index (χ0n) is 12.1. The summed E-state index contributed by atoms with van der Waals surface area (Å²) in [6.07, 6.45) is 1.29. The Morgan fingerprint density at radius 2 is 2.09 bits per heavy atom. The van der Waals surface area contributed by atoms with Gasteiger partial charge in [0, 0.05) is 16.7 Å². The Hall–Kier alpha value is -2.28. The monoisotopic (exact) mass is 320 g/mol. The average Bonchev–Trinajstić information content (AvgIpc) is 2.79. The van der Waals surface area contributed by atoms with Gasteiger partial charge in [0.15, 0.2) is 0 Å². The molecule has 1 saturated heterocycles. The number of hydrogen-bond acceptors (Lipinski definition) is 5. The fourth-order valence-corrected chi connectivity index (χ4v) is 2.73. The van der Waals surface area contributed by atoms with Crippen LogP contribution in [0.3, 0.4) is 0 Å². The fourth-order valence-electron chi connectivity index (χ4n) is 1.87. The quantitative estimate of drug-likeness (QED) is 0.665. The summed E-state index contributed by atoms with van der Waals surface area (Å²) in [5.41, 5.74) is 0.675.